The summed E-state index contributed by atoms with van der Waals surface area (Å²) in [6.45, 7) is 1.13. The van der Waals surface area contributed by atoms with Gasteiger partial charge in [0.1, 0.15) is 0 Å². The van der Waals surface area contributed by atoms with E-state index >= 15 is 0 Å². The molecule has 0 bridgehead atoms. The molecule has 2 aromatic rings. The summed E-state index contributed by atoms with van der Waals surface area (Å²) < 4.78 is 1.63. The van der Waals surface area contributed by atoms with Crippen molar-refractivity contribution in [2.75, 3.05) is 0 Å². The van der Waals surface area contributed by atoms with Crippen LogP contribution in [0.1, 0.15) is 11.3 Å². The lowest BCUT2D eigenvalue weighted by Gasteiger charge is -2.02. The number of nitrogens with one attached hydrogen (secondary N) is 1. The van der Waals surface area contributed by atoms with Gasteiger partial charge in [-0.15, -0.1) is 5.10 Å². The molecule has 94 valence electrons. The normalized spacial score (nSPS) is 10.5. The first-order chi connectivity index (χ1) is 8.65. The fraction of sp³-hybridized carbons (Fsp3) is 0.273. The van der Waals surface area contributed by atoms with Crippen molar-refractivity contribution in [3.63, 3.8) is 0 Å². The Hall–Kier alpha value is -2.28. The molecule has 0 aliphatic carbocycles. The lowest BCUT2D eigenvalue weighted by molar-refractivity contribution is -0.384. The van der Waals surface area contributed by atoms with E-state index in [1.165, 1.54) is 6.07 Å². The highest BCUT2D eigenvalue weighted by molar-refractivity contribution is 5.34. The minimum atomic E-state index is -0.397. The topological polar surface area (TPSA) is 85.9 Å². The molecule has 1 aromatic carbocycles. The maximum absolute atomic E-state index is 10.6. The van der Waals surface area contributed by atoms with Gasteiger partial charge in [0.15, 0.2) is 0 Å². The molecule has 0 saturated carbocycles. The molecule has 0 aliphatic heterocycles. The summed E-state index contributed by atoms with van der Waals surface area (Å²) in [5.41, 5.74) is 1.81. The molecular weight excluding hydrogens is 234 g/mol. The van der Waals surface area contributed by atoms with Gasteiger partial charge in [0.25, 0.3) is 5.69 Å². The lowest BCUT2D eigenvalue weighted by atomic mass is 10.2. The number of aryl methyl sites for hydroxylation is 1. The fourth-order valence-electron chi connectivity index (χ4n) is 1.59. The van der Waals surface area contributed by atoms with Crippen LogP contribution in [-0.2, 0) is 20.1 Å². The Morgan fingerprint density at radius 3 is 2.94 bits per heavy atom. The van der Waals surface area contributed by atoms with E-state index in [2.05, 4.69) is 15.6 Å². The Morgan fingerprint density at radius 1 is 1.44 bits per heavy atom. The number of hydrogen-bond acceptors (Lipinski definition) is 5. The summed E-state index contributed by atoms with van der Waals surface area (Å²) in [7, 11) is 1.80. The largest absolute Gasteiger partial charge is 0.307 e. The molecule has 0 atom stereocenters. The van der Waals surface area contributed by atoms with Crippen LogP contribution in [0.25, 0.3) is 0 Å². The molecule has 0 saturated heterocycles. The molecule has 1 N–H and O–H groups in total. The van der Waals surface area contributed by atoms with E-state index in [1.54, 1.807) is 23.9 Å². The third kappa shape index (κ3) is 3.11. The number of nitro benzene ring substituents is 1. The van der Waals surface area contributed by atoms with Crippen LogP contribution >= 0.6 is 0 Å². The van der Waals surface area contributed by atoms with Crippen molar-refractivity contribution >= 4 is 5.69 Å². The van der Waals surface area contributed by atoms with Crippen molar-refractivity contribution in [1.29, 1.82) is 0 Å². The molecule has 0 spiro atoms. The van der Waals surface area contributed by atoms with Gasteiger partial charge in [-0.25, -0.2) is 0 Å². The van der Waals surface area contributed by atoms with Gasteiger partial charge in [-0.1, -0.05) is 17.3 Å². The summed E-state index contributed by atoms with van der Waals surface area (Å²) in [4.78, 5) is 10.2. The first-order valence-corrected chi connectivity index (χ1v) is 5.44. The third-order valence-electron chi connectivity index (χ3n) is 2.41. The number of non-ortho nitro benzene ring substituents is 1. The lowest BCUT2D eigenvalue weighted by Crippen LogP contribution is -2.13. The van der Waals surface area contributed by atoms with E-state index in [-0.39, 0.29) is 5.69 Å². The molecule has 2 rings (SSSR count). The van der Waals surface area contributed by atoms with E-state index in [4.69, 9.17) is 0 Å². The Bertz CT molecular complexity index is 552. The van der Waals surface area contributed by atoms with Crippen molar-refractivity contribution in [2.24, 2.45) is 7.05 Å². The van der Waals surface area contributed by atoms with E-state index in [1.807, 2.05) is 12.3 Å². The molecule has 0 radical (unpaired) electrons. The maximum atomic E-state index is 10.6. The van der Waals surface area contributed by atoms with Crippen LogP contribution in [0.4, 0.5) is 5.69 Å². The van der Waals surface area contributed by atoms with E-state index in [9.17, 15) is 10.1 Å². The van der Waals surface area contributed by atoms with Crippen molar-refractivity contribution in [3.8, 4) is 0 Å². The Kier molecular flexibility index (Phi) is 3.63. The van der Waals surface area contributed by atoms with Gasteiger partial charge in [-0.2, -0.15) is 0 Å². The number of aromatic nitrogens is 3. The molecule has 0 aliphatic rings. The van der Waals surface area contributed by atoms with Gasteiger partial charge in [-0.05, 0) is 5.56 Å². The van der Waals surface area contributed by atoms with Crippen LogP contribution in [0.2, 0.25) is 0 Å². The molecule has 7 heteroatoms. The average Bonchev–Trinajstić information content (AvgIpc) is 2.75. The first-order valence-electron chi connectivity index (χ1n) is 5.44. The molecule has 0 amide bonds. The molecular formula is C11H13N5O2. The summed E-state index contributed by atoms with van der Waals surface area (Å²) in [5, 5.41) is 21.5. The number of hydrogen-bond donors (Lipinski definition) is 1. The average molecular weight is 247 g/mol. The highest BCUT2D eigenvalue weighted by atomic mass is 16.6. The zero-order chi connectivity index (χ0) is 13.0. The number of rotatable bonds is 5. The minimum absolute atomic E-state index is 0.105. The second-order valence-electron chi connectivity index (χ2n) is 3.91. The first kappa shape index (κ1) is 12.2. The number of nitrogens with zero attached hydrogens (tertiary/aromatic N) is 4. The van der Waals surface area contributed by atoms with E-state index in [0.717, 1.165) is 11.3 Å². The quantitative estimate of drug-likeness (QED) is 0.629. The zero-order valence-electron chi connectivity index (χ0n) is 9.91. The van der Waals surface area contributed by atoms with E-state index < -0.39 is 4.92 Å². The second-order valence-corrected chi connectivity index (χ2v) is 3.91. The molecule has 0 unspecified atom stereocenters. The predicted octanol–water partition coefficient (Wildman–Crippen LogP) is 1.01. The van der Waals surface area contributed by atoms with Crippen LogP contribution in [0.3, 0.4) is 0 Å². The Morgan fingerprint density at radius 2 is 2.28 bits per heavy atom. The fourth-order valence-corrected chi connectivity index (χ4v) is 1.59. The smallest absolute Gasteiger partial charge is 0.269 e. The van der Waals surface area contributed by atoms with Crippen molar-refractivity contribution < 1.29 is 4.92 Å². The van der Waals surface area contributed by atoms with Gasteiger partial charge in [0, 0.05) is 38.5 Å². The molecule has 18 heavy (non-hydrogen) atoms. The molecule has 7 nitrogen and oxygen atoms in total. The molecule has 1 aromatic heterocycles. The highest BCUT2D eigenvalue weighted by Gasteiger charge is 2.05. The van der Waals surface area contributed by atoms with Gasteiger partial charge in [0.05, 0.1) is 10.6 Å². The van der Waals surface area contributed by atoms with Gasteiger partial charge in [0.2, 0.25) is 0 Å². The second kappa shape index (κ2) is 5.37. The molecule has 0 fully saturated rings. The maximum Gasteiger partial charge on any atom is 0.269 e. The Labute approximate surface area is 104 Å². The van der Waals surface area contributed by atoms with Crippen LogP contribution in [-0.4, -0.2) is 19.9 Å². The summed E-state index contributed by atoms with van der Waals surface area (Å²) in [6, 6.07) is 6.56. The van der Waals surface area contributed by atoms with Gasteiger partial charge in [-0.3, -0.25) is 14.8 Å². The van der Waals surface area contributed by atoms with Crippen molar-refractivity contribution in [3.05, 3.63) is 51.8 Å². The number of nitro groups is 1. The van der Waals surface area contributed by atoms with Crippen LogP contribution in [0.5, 0.6) is 0 Å². The monoisotopic (exact) mass is 247 g/mol. The Balaban J connectivity index is 1.90. The van der Waals surface area contributed by atoms with Gasteiger partial charge >= 0.3 is 0 Å². The van der Waals surface area contributed by atoms with Gasteiger partial charge < -0.3 is 5.32 Å². The summed E-state index contributed by atoms with van der Waals surface area (Å²) in [6.07, 6.45) is 1.82. The van der Waals surface area contributed by atoms with Crippen LogP contribution in [0.15, 0.2) is 30.5 Å². The van der Waals surface area contributed by atoms with Crippen LogP contribution in [0, 0.1) is 10.1 Å². The SMILES string of the molecule is Cn1cc(CNCc2cccc([N+](=O)[O-])c2)nn1. The summed E-state index contributed by atoms with van der Waals surface area (Å²) in [5.74, 6) is 0. The highest BCUT2D eigenvalue weighted by Crippen LogP contribution is 2.12. The van der Waals surface area contributed by atoms with E-state index in [0.29, 0.717) is 13.1 Å². The molecule has 1 heterocycles. The van der Waals surface area contributed by atoms with Crippen molar-refractivity contribution in [1.82, 2.24) is 20.3 Å². The summed E-state index contributed by atoms with van der Waals surface area (Å²) >= 11 is 0. The van der Waals surface area contributed by atoms with Crippen molar-refractivity contribution in [2.45, 2.75) is 13.1 Å². The standard InChI is InChI=1S/C11H13N5O2/c1-15-8-10(13-14-15)7-12-6-9-3-2-4-11(5-9)16(17)18/h2-5,8,12H,6-7H2,1H3. The third-order valence-corrected chi connectivity index (χ3v) is 2.41. The van der Waals surface area contributed by atoms with Crippen LogP contribution < -0.4 is 5.32 Å². The zero-order valence-corrected chi connectivity index (χ0v) is 9.91. The number of benzene rings is 1. The minimum Gasteiger partial charge on any atom is -0.307 e. The predicted molar refractivity (Wildman–Crippen MR) is 64.6 cm³/mol.